The highest BCUT2D eigenvalue weighted by Gasteiger charge is 2.21. The van der Waals surface area contributed by atoms with Crippen molar-refractivity contribution in [1.82, 2.24) is 0 Å². The normalized spacial score (nSPS) is 20.0. The maximum Gasteiger partial charge on any atom is 0.144 e. The van der Waals surface area contributed by atoms with Gasteiger partial charge in [0, 0.05) is 13.1 Å². The zero-order chi connectivity index (χ0) is 12.4. The Hall–Kier alpha value is -1.38. The minimum atomic E-state index is 0.157. The van der Waals surface area contributed by atoms with E-state index in [0.717, 1.165) is 36.1 Å². The molecule has 1 aliphatic heterocycles. The van der Waals surface area contributed by atoms with E-state index >= 15 is 0 Å². The molecule has 1 atom stereocenters. The maximum absolute atomic E-state index is 6.19. The molecule has 0 radical (unpaired) electrons. The lowest BCUT2D eigenvalue weighted by Crippen LogP contribution is -2.20. The number of nitrogens with zero attached hydrogens (tertiary/aromatic N) is 1. The van der Waals surface area contributed by atoms with Gasteiger partial charge in [0.15, 0.2) is 0 Å². The summed E-state index contributed by atoms with van der Waals surface area (Å²) in [5, 5.41) is 0. The molecule has 3 nitrogen and oxygen atoms in total. The van der Waals surface area contributed by atoms with Crippen LogP contribution in [0.4, 0.5) is 11.4 Å². The van der Waals surface area contributed by atoms with Gasteiger partial charge in [-0.25, -0.2) is 0 Å². The van der Waals surface area contributed by atoms with Crippen molar-refractivity contribution in [3.63, 3.8) is 0 Å². The second-order valence-corrected chi connectivity index (χ2v) is 5.20. The third kappa shape index (κ3) is 2.65. The number of hydrogen-bond acceptors (Lipinski definition) is 3. The number of ether oxygens (including phenoxy) is 1. The van der Waals surface area contributed by atoms with Gasteiger partial charge in [-0.1, -0.05) is 13.0 Å². The fourth-order valence-electron chi connectivity index (χ4n) is 2.32. The van der Waals surface area contributed by atoms with Crippen molar-refractivity contribution in [3.05, 3.63) is 18.2 Å². The minimum absolute atomic E-state index is 0.157. The molecule has 17 heavy (non-hydrogen) atoms. The summed E-state index contributed by atoms with van der Waals surface area (Å²) in [4.78, 5) is 2.35. The lowest BCUT2D eigenvalue weighted by atomic mass is 10.2. The number of anilines is 2. The van der Waals surface area contributed by atoms with Crippen molar-refractivity contribution in [2.75, 3.05) is 23.7 Å². The molecule has 2 N–H and O–H groups in total. The number of hydrogen-bond donors (Lipinski definition) is 1. The molecule has 1 fully saturated rings. The van der Waals surface area contributed by atoms with Crippen LogP contribution in [-0.4, -0.2) is 19.2 Å². The molecule has 1 saturated heterocycles. The Bertz CT molecular complexity index is 390. The first kappa shape index (κ1) is 12.1. The lowest BCUT2D eigenvalue weighted by Gasteiger charge is -2.22. The summed E-state index contributed by atoms with van der Waals surface area (Å²) in [7, 11) is 0. The quantitative estimate of drug-likeness (QED) is 0.817. The van der Waals surface area contributed by atoms with Crippen LogP contribution in [0.25, 0.3) is 0 Å². The highest BCUT2D eigenvalue weighted by atomic mass is 16.5. The van der Waals surface area contributed by atoms with E-state index in [1.165, 1.54) is 6.42 Å². The van der Waals surface area contributed by atoms with Gasteiger partial charge in [0.1, 0.15) is 5.75 Å². The SMILES string of the molecule is CC1CCN(c2cccc(OC(C)C)c2N)C1. The van der Waals surface area contributed by atoms with Crippen LogP contribution in [0.2, 0.25) is 0 Å². The van der Waals surface area contributed by atoms with Crippen LogP contribution >= 0.6 is 0 Å². The van der Waals surface area contributed by atoms with E-state index in [1.807, 2.05) is 26.0 Å². The summed E-state index contributed by atoms with van der Waals surface area (Å²) >= 11 is 0. The van der Waals surface area contributed by atoms with Gasteiger partial charge in [-0.2, -0.15) is 0 Å². The van der Waals surface area contributed by atoms with Gasteiger partial charge in [-0.05, 0) is 38.3 Å². The second kappa shape index (κ2) is 4.86. The molecule has 1 heterocycles. The molecule has 3 heteroatoms. The van der Waals surface area contributed by atoms with E-state index in [0.29, 0.717) is 0 Å². The van der Waals surface area contributed by atoms with Gasteiger partial charge in [-0.15, -0.1) is 0 Å². The van der Waals surface area contributed by atoms with Gasteiger partial charge < -0.3 is 15.4 Å². The molecule has 0 spiro atoms. The van der Waals surface area contributed by atoms with Gasteiger partial charge in [0.25, 0.3) is 0 Å². The molecule has 0 amide bonds. The second-order valence-electron chi connectivity index (χ2n) is 5.20. The van der Waals surface area contributed by atoms with Gasteiger partial charge in [0.2, 0.25) is 0 Å². The molecule has 0 bridgehead atoms. The Morgan fingerprint density at radius 1 is 1.41 bits per heavy atom. The van der Waals surface area contributed by atoms with Crippen molar-refractivity contribution in [2.45, 2.75) is 33.3 Å². The summed E-state index contributed by atoms with van der Waals surface area (Å²) in [5.74, 6) is 1.56. The first-order valence-corrected chi connectivity index (χ1v) is 6.38. The molecular weight excluding hydrogens is 212 g/mol. The van der Waals surface area contributed by atoms with Crippen LogP contribution in [0.1, 0.15) is 27.2 Å². The summed E-state index contributed by atoms with van der Waals surface area (Å²) in [6.45, 7) is 8.50. The van der Waals surface area contributed by atoms with Crippen LogP contribution in [-0.2, 0) is 0 Å². The molecule has 1 aliphatic rings. The summed E-state index contributed by atoms with van der Waals surface area (Å²) in [5.41, 5.74) is 8.08. The molecule has 0 aromatic heterocycles. The fraction of sp³-hybridized carbons (Fsp3) is 0.571. The predicted molar refractivity (Wildman–Crippen MR) is 72.6 cm³/mol. The van der Waals surface area contributed by atoms with Crippen molar-refractivity contribution in [2.24, 2.45) is 5.92 Å². The fourth-order valence-corrected chi connectivity index (χ4v) is 2.32. The number of para-hydroxylation sites is 1. The van der Waals surface area contributed by atoms with Crippen molar-refractivity contribution in [3.8, 4) is 5.75 Å². The van der Waals surface area contributed by atoms with Gasteiger partial charge in [0.05, 0.1) is 17.5 Å². The lowest BCUT2D eigenvalue weighted by molar-refractivity contribution is 0.244. The molecule has 2 rings (SSSR count). The van der Waals surface area contributed by atoms with Crippen LogP contribution in [0.15, 0.2) is 18.2 Å². The van der Waals surface area contributed by atoms with E-state index in [-0.39, 0.29) is 6.10 Å². The van der Waals surface area contributed by atoms with E-state index in [2.05, 4.69) is 17.9 Å². The Labute approximate surface area is 104 Å². The average molecular weight is 234 g/mol. The summed E-state index contributed by atoms with van der Waals surface area (Å²) in [6, 6.07) is 6.05. The van der Waals surface area contributed by atoms with E-state index in [9.17, 15) is 0 Å². The van der Waals surface area contributed by atoms with E-state index in [1.54, 1.807) is 0 Å². The maximum atomic E-state index is 6.19. The molecule has 1 unspecified atom stereocenters. The Balaban J connectivity index is 2.23. The largest absolute Gasteiger partial charge is 0.489 e. The monoisotopic (exact) mass is 234 g/mol. The number of benzene rings is 1. The number of nitrogens with two attached hydrogens (primary N) is 1. The van der Waals surface area contributed by atoms with Crippen LogP contribution in [0.5, 0.6) is 5.75 Å². The summed E-state index contributed by atoms with van der Waals surface area (Å²) < 4.78 is 5.72. The van der Waals surface area contributed by atoms with Gasteiger partial charge >= 0.3 is 0 Å². The highest BCUT2D eigenvalue weighted by Crippen LogP contribution is 2.35. The Kier molecular flexibility index (Phi) is 3.46. The predicted octanol–water partition coefficient (Wildman–Crippen LogP) is 2.90. The average Bonchev–Trinajstić information content (AvgIpc) is 2.67. The third-order valence-corrected chi connectivity index (χ3v) is 3.17. The van der Waals surface area contributed by atoms with Crippen molar-refractivity contribution < 1.29 is 4.74 Å². The first-order valence-electron chi connectivity index (χ1n) is 6.38. The van der Waals surface area contributed by atoms with Crippen molar-refractivity contribution >= 4 is 11.4 Å². The van der Waals surface area contributed by atoms with Crippen LogP contribution in [0, 0.1) is 5.92 Å². The molecule has 1 aromatic rings. The number of rotatable bonds is 3. The molecule has 1 aromatic carbocycles. The Morgan fingerprint density at radius 2 is 2.18 bits per heavy atom. The van der Waals surface area contributed by atoms with Crippen LogP contribution < -0.4 is 15.4 Å². The molecule has 0 aliphatic carbocycles. The summed E-state index contributed by atoms with van der Waals surface area (Å²) in [6.07, 6.45) is 1.40. The van der Waals surface area contributed by atoms with Crippen LogP contribution in [0.3, 0.4) is 0 Å². The standard InChI is InChI=1S/C14H22N2O/c1-10(2)17-13-6-4-5-12(14(13)15)16-8-7-11(3)9-16/h4-6,10-11H,7-9,15H2,1-3H3. The molecule has 0 saturated carbocycles. The zero-order valence-corrected chi connectivity index (χ0v) is 10.9. The first-order chi connectivity index (χ1) is 8.08. The minimum Gasteiger partial charge on any atom is -0.489 e. The van der Waals surface area contributed by atoms with E-state index < -0.39 is 0 Å². The molecule has 94 valence electrons. The third-order valence-electron chi connectivity index (χ3n) is 3.17. The molecular formula is C14H22N2O. The smallest absolute Gasteiger partial charge is 0.144 e. The zero-order valence-electron chi connectivity index (χ0n) is 10.9. The van der Waals surface area contributed by atoms with E-state index in [4.69, 9.17) is 10.5 Å². The Morgan fingerprint density at radius 3 is 2.76 bits per heavy atom. The van der Waals surface area contributed by atoms with Crippen molar-refractivity contribution in [1.29, 1.82) is 0 Å². The number of nitrogen functional groups attached to an aromatic ring is 1. The van der Waals surface area contributed by atoms with Gasteiger partial charge in [-0.3, -0.25) is 0 Å². The highest BCUT2D eigenvalue weighted by molar-refractivity contribution is 5.74. The topological polar surface area (TPSA) is 38.5 Å².